The molecule has 1 aliphatic rings. The third-order valence-electron chi connectivity index (χ3n) is 7.16. The molecule has 0 bridgehead atoms. The molecule has 0 fully saturated rings. The van der Waals surface area contributed by atoms with Crippen molar-refractivity contribution < 1.29 is 18.0 Å². The van der Waals surface area contributed by atoms with E-state index in [1.54, 1.807) is 41.3 Å². The normalized spacial score (nSPS) is 15.3. The van der Waals surface area contributed by atoms with E-state index in [4.69, 9.17) is 23.2 Å². The lowest BCUT2D eigenvalue weighted by Crippen LogP contribution is -2.50. The smallest absolute Gasteiger partial charge is 0.265 e. The van der Waals surface area contributed by atoms with E-state index in [0.29, 0.717) is 34.0 Å². The van der Waals surface area contributed by atoms with E-state index in [9.17, 15) is 18.0 Å². The second-order valence-corrected chi connectivity index (χ2v) is 12.5. The molecule has 39 heavy (non-hydrogen) atoms. The average molecular weight is 591 g/mol. The minimum absolute atomic E-state index is 0.0295. The minimum Gasteiger partial charge on any atom is -0.352 e. The zero-order valence-electron chi connectivity index (χ0n) is 22.3. The van der Waals surface area contributed by atoms with Gasteiger partial charge in [-0.05, 0) is 61.4 Å². The number of anilines is 1. The number of sulfonamides is 1. The predicted octanol–water partition coefficient (Wildman–Crippen LogP) is 6.16. The molecular weight excluding hydrogens is 557 g/mol. The molecule has 2 atom stereocenters. The van der Waals surface area contributed by atoms with Crippen LogP contribution in [0.1, 0.15) is 52.0 Å². The van der Waals surface area contributed by atoms with E-state index < -0.39 is 16.1 Å². The molecule has 7 nitrogen and oxygen atoms in total. The molecule has 3 aromatic rings. The van der Waals surface area contributed by atoms with E-state index >= 15 is 0 Å². The van der Waals surface area contributed by atoms with Crippen LogP contribution in [0.15, 0.2) is 59.5 Å². The summed E-state index contributed by atoms with van der Waals surface area (Å²) in [7, 11) is -3.71. The summed E-state index contributed by atoms with van der Waals surface area (Å²) in [6.07, 6.45) is 1.56. The van der Waals surface area contributed by atoms with Crippen LogP contribution in [0, 0.1) is 0 Å². The van der Waals surface area contributed by atoms with Gasteiger partial charge < -0.3 is 10.2 Å². The second kappa shape index (κ2) is 12.1. The van der Waals surface area contributed by atoms with E-state index in [1.807, 2.05) is 39.0 Å². The fourth-order valence-corrected chi connectivity index (χ4v) is 6.98. The molecular formula is C29H33Cl2N3O4S. The lowest BCUT2D eigenvalue weighted by molar-refractivity contribution is -0.141. The van der Waals surface area contributed by atoms with Crippen LogP contribution >= 0.6 is 23.2 Å². The Bertz CT molecular complexity index is 1490. The van der Waals surface area contributed by atoms with Gasteiger partial charge in [0.2, 0.25) is 11.8 Å². The number of amides is 2. The van der Waals surface area contributed by atoms with Crippen molar-refractivity contribution in [3.63, 3.8) is 0 Å². The molecule has 0 spiro atoms. The number of nitrogens with one attached hydrogen (secondary N) is 1. The van der Waals surface area contributed by atoms with Crippen molar-refractivity contribution in [2.45, 2.75) is 70.0 Å². The topological polar surface area (TPSA) is 86.8 Å². The summed E-state index contributed by atoms with van der Waals surface area (Å²) in [6, 6.07) is 15.2. The van der Waals surface area contributed by atoms with Gasteiger partial charge in [0.05, 0.1) is 20.6 Å². The van der Waals surface area contributed by atoms with Crippen molar-refractivity contribution in [2.24, 2.45) is 0 Å². The number of rotatable bonds is 11. The number of carbonyl (C=O) groups is 2. The predicted molar refractivity (Wildman–Crippen MR) is 157 cm³/mol. The summed E-state index contributed by atoms with van der Waals surface area (Å²) < 4.78 is 28.0. The maximum Gasteiger partial charge on any atom is 0.265 e. The summed E-state index contributed by atoms with van der Waals surface area (Å²) in [6.45, 7) is 6.10. The van der Waals surface area contributed by atoms with Crippen LogP contribution in [0.4, 0.5) is 5.69 Å². The third kappa shape index (κ3) is 6.03. The molecule has 10 heteroatoms. The summed E-state index contributed by atoms with van der Waals surface area (Å²) in [5, 5.41) is 5.33. The van der Waals surface area contributed by atoms with Gasteiger partial charge in [0.15, 0.2) is 0 Å². The highest BCUT2D eigenvalue weighted by Gasteiger charge is 2.35. The molecule has 0 unspecified atom stereocenters. The van der Waals surface area contributed by atoms with Gasteiger partial charge in [-0.3, -0.25) is 13.9 Å². The Morgan fingerprint density at radius 2 is 1.72 bits per heavy atom. The first-order chi connectivity index (χ1) is 18.6. The maximum absolute atomic E-state index is 13.6. The van der Waals surface area contributed by atoms with Crippen molar-refractivity contribution in [3.8, 4) is 0 Å². The van der Waals surface area contributed by atoms with Gasteiger partial charge in [0.1, 0.15) is 6.04 Å². The molecule has 3 aromatic carbocycles. The van der Waals surface area contributed by atoms with Gasteiger partial charge in [-0.1, -0.05) is 67.4 Å². The van der Waals surface area contributed by atoms with Crippen LogP contribution in [0.2, 0.25) is 10.0 Å². The van der Waals surface area contributed by atoms with Gasteiger partial charge in [-0.2, -0.15) is 0 Å². The SMILES string of the molecule is CC[C@H](C)NC(=O)[C@H](CC)N(Cc1ccc(Cl)c(Cl)c1)C(=O)CCCN1c2cccc3cccc(c23)S1(=O)=O. The standard InChI is InChI=1S/C29H33Cl2N3O4S/c1-4-19(3)32-29(36)24(5-2)33(18-20-14-15-22(30)23(31)17-20)27(35)13-8-16-34-25-11-6-9-21-10-7-12-26(28(21)25)39(34,37)38/h6-7,9-12,14-15,17,19,24H,4-5,8,13,16,18H2,1-3H3,(H,32,36)/t19-,24-/m0/s1. The lowest BCUT2D eigenvalue weighted by atomic mass is 10.1. The van der Waals surface area contributed by atoms with Crippen LogP contribution in [0.5, 0.6) is 0 Å². The Hall–Kier alpha value is -2.81. The number of carbonyl (C=O) groups excluding carboxylic acids is 2. The van der Waals surface area contributed by atoms with Crippen molar-refractivity contribution in [2.75, 3.05) is 10.8 Å². The third-order valence-corrected chi connectivity index (χ3v) is 9.75. The van der Waals surface area contributed by atoms with Gasteiger partial charge in [0.25, 0.3) is 10.0 Å². The number of halogens is 2. The molecule has 0 aliphatic carbocycles. The molecule has 0 aromatic heterocycles. The monoisotopic (exact) mass is 589 g/mol. The van der Waals surface area contributed by atoms with E-state index in [1.165, 1.54) is 4.31 Å². The molecule has 208 valence electrons. The minimum atomic E-state index is -3.71. The number of hydrogen-bond acceptors (Lipinski definition) is 4. The Kier molecular flexibility index (Phi) is 9.09. The van der Waals surface area contributed by atoms with Gasteiger partial charge in [-0.25, -0.2) is 8.42 Å². The first-order valence-corrected chi connectivity index (χ1v) is 15.4. The highest BCUT2D eigenvalue weighted by molar-refractivity contribution is 7.93. The molecule has 1 aliphatic heterocycles. The highest BCUT2D eigenvalue weighted by Crippen LogP contribution is 2.42. The zero-order valence-corrected chi connectivity index (χ0v) is 24.6. The maximum atomic E-state index is 13.6. The first kappa shape index (κ1) is 29.2. The van der Waals surface area contributed by atoms with Gasteiger partial charge in [0, 0.05) is 30.9 Å². The van der Waals surface area contributed by atoms with Crippen LogP contribution < -0.4 is 9.62 Å². The van der Waals surface area contributed by atoms with Crippen LogP contribution in [-0.2, 0) is 26.2 Å². The van der Waals surface area contributed by atoms with Crippen LogP contribution in [-0.4, -0.2) is 43.8 Å². The second-order valence-electron chi connectivity index (χ2n) is 9.82. The quantitative estimate of drug-likeness (QED) is 0.290. The molecule has 1 N–H and O–H groups in total. The summed E-state index contributed by atoms with van der Waals surface area (Å²) in [5.41, 5.74) is 1.37. The van der Waals surface area contributed by atoms with Gasteiger partial charge in [-0.15, -0.1) is 0 Å². The Labute approximate surface area is 240 Å². The number of benzene rings is 3. The summed E-state index contributed by atoms with van der Waals surface area (Å²) >= 11 is 12.3. The molecule has 1 heterocycles. The Balaban J connectivity index is 1.53. The lowest BCUT2D eigenvalue weighted by Gasteiger charge is -2.32. The largest absolute Gasteiger partial charge is 0.352 e. The molecule has 0 saturated heterocycles. The Morgan fingerprint density at radius 1 is 1.00 bits per heavy atom. The van der Waals surface area contributed by atoms with Crippen molar-refractivity contribution in [3.05, 3.63) is 70.2 Å². The van der Waals surface area contributed by atoms with Crippen LogP contribution in [0.3, 0.4) is 0 Å². The Morgan fingerprint density at radius 3 is 2.38 bits per heavy atom. The summed E-state index contributed by atoms with van der Waals surface area (Å²) in [5.74, 6) is -0.455. The fourth-order valence-electron chi connectivity index (χ4n) is 4.91. The van der Waals surface area contributed by atoms with Crippen molar-refractivity contribution >= 4 is 61.5 Å². The fraction of sp³-hybridized carbons (Fsp3) is 0.379. The zero-order chi connectivity index (χ0) is 28.3. The van der Waals surface area contributed by atoms with Crippen molar-refractivity contribution in [1.82, 2.24) is 10.2 Å². The van der Waals surface area contributed by atoms with Crippen LogP contribution in [0.25, 0.3) is 10.8 Å². The van der Waals surface area contributed by atoms with E-state index in [2.05, 4.69) is 5.32 Å². The highest BCUT2D eigenvalue weighted by atomic mass is 35.5. The summed E-state index contributed by atoms with van der Waals surface area (Å²) in [4.78, 5) is 28.6. The number of hydrogen-bond donors (Lipinski definition) is 1. The van der Waals surface area contributed by atoms with Gasteiger partial charge >= 0.3 is 0 Å². The number of nitrogens with zero attached hydrogens (tertiary/aromatic N) is 2. The van der Waals surface area contributed by atoms with E-state index in [-0.39, 0.29) is 42.3 Å². The molecule has 2 amide bonds. The molecule has 0 saturated carbocycles. The molecule has 0 radical (unpaired) electrons. The molecule has 4 rings (SSSR count). The van der Waals surface area contributed by atoms with E-state index in [0.717, 1.165) is 17.4 Å². The average Bonchev–Trinajstić information content (AvgIpc) is 3.13. The van der Waals surface area contributed by atoms with Crippen molar-refractivity contribution in [1.29, 1.82) is 0 Å². The first-order valence-electron chi connectivity index (χ1n) is 13.2.